The molecule has 9 aromatic carbocycles. The van der Waals surface area contributed by atoms with Gasteiger partial charge in [-0.15, -0.1) is 0 Å². The summed E-state index contributed by atoms with van der Waals surface area (Å²) in [6.45, 7) is 4.39. The molecule has 2 aliphatic rings. The summed E-state index contributed by atoms with van der Waals surface area (Å²) < 4.78 is 0. The molecule has 0 fully saturated rings. The largest absolute Gasteiger partial charge is 0.310 e. The maximum atomic E-state index is 2.42. The van der Waals surface area contributed by atoms with Gasteiger partial charge in [0.2, 0.25) is 0 Å². The highest BCUT2D eigenvalue weighted by atomic mass is 15.1. The second-order valence-electron chi connectivity index (χ2n) is 14.5. The van der Waals surface area contributed by atoms with E-state index < -0.39 is 5.41 Å². The Morgan fingerprint density at radius 1 is 0.404 bits per heavy atom. The van der Waals surface area contributed by atoms with Crippen LogP contribution in [0.1, 0.15) is 33.4 Å². The van der Waals surface area contributed by atoms with Crippen LogP contribution in [-0.4, -0.2) is 0 Å². The highest BCUT2D eigenvalue weighted by Crippen LogP contribution is 2.66. The molecular weight excluding hydrogens is 627 g/mol. The molecule has 0 unspecified atom stereocenters. The third-order valence-electron chi connectivity index (χ3n) is 11.8. The Balaban J connectivity index is 1.28. The van der Waals surface area contributed by atoms with Crippen molar-refractivity contribution in [2.75, 3.05) is 4.90 Å². The van der Waals surface area contributed by atoms with Crippen molar-refractivity contribution >= 4 is 49.4 Å². The zero-order valence-corrected chi connectivity index (χ0v) is 29.2. The molecule has 0 aliphatic heterocycles. The van der Waals surface area contributed by atoms with E-state index in [1.165, 1.54) is 93.6 Å². The molecule has 11 rings (SSSR count). The molecule has 0 atom stereocenters. The van der Waals surface area contributed by atoms with Crippen LogP contribution in [0.2, 0.25) is 0 Å². The summed E-state index contributed by atoms with van der Waals surface area (Å²) in [5.41, 5.74) is 16.4. The third-order valence-corrected chi connectivity index (χ3v) is 11.8. The topological polar surface area (TPSA) is 3.24 Å². The Bertz CT molecular complexity index is 2890. The summed E-state index contributed by atoms with van der Waals surface area (Å²) in [5, 5.41) is 7.80. The molecule has 2 aliphatic carbocycles. The van der Waals surface area contributed by atoms with Crippen LogP contribution in [-0.2, 0) is 5.41 Å². The van der Waals surface area contributed by atoms with Crippen molar-refractivity contribution in [3.8, 4) is 22.3 Å². The zero-order chi connectivity index (χ0) is 34.6. The summed E-state index contributed by atoms with van der Waals surface area (Å²) in [7, 11) is 0. The van der Waals surface area contributed by atoms with E-state index in [0.29, 0.717) is 0 Å². The quantitative estimate of drug-likeness (QED) is 0.170. The number of hydrogen-bond donors (Lipinski definition) is 0. The Labute approximate surface area is 304 Å². The molecule has 0 amide bonds. The second-order valence-corrected chi connectivity index (χ2v) is 14.5. The number of nitrogens with zero attached hydrogens (tertiary/aromatic N) is 1. The molecule has 244 valence electrons. The lowest BCUT2D eigenvalue weighted by atomic mass is 9.68. The molecule has 52 heavy (non-hydrogen) atoms. The Kier molecular flexibility index (Phi) is 6.08. The number of para-hydroxylation sites is 1. The van der Waals surface area contributed by atoms with Gasteiger partial charge in [-0.2, -0.15) is 0 Å². The average Bonchev–Trinajstić information content (AvgIpc) is 3.67. The van der Waals surface area contributed by atoms with Gasteiger partial charge in [-0.05, 0) is 127 Å². The van der Waals surface area contributed by atoms with Gasteiger partial charge in [0.05, 0.1) is 5.41 Å². The minimum Gasteiger partial charge on any atom is -0.310 e. The van der Waals surface area contributed by atoms with Crippen molar-refractivity contribution in [3.05, 3.63) is 209 Å². The molecule has 0 saturated heterocycles. The summed E-state index contributed by atoms with van der Waals surface area (Å²) in [6, 6.07) is 65.9. The van der Waals surface area contributed by atoms with Gasteiger partial charge in [0, 0.05) is 17.1 Å². The van der Waals surface area contributed by atoms with Crippen LogP contribution in [0.3, 0.4) is 0 Å². The number of rotatable bonds is 3. The molecule has 1 nitrogen and oxygen atoms in total. The lowest BCUT2D eigenvalue weighted by Gasteiger charge is -2.33. The summed E-state index contributed by atoms with van der Waals surface area (Å²) in [4.78, 5) is 2.41. The highest BCUT2D eigenvalue weighted by molar-refractivity contribution is 6.21. The normalized spacial score (nSPS) is 13.3. The van der Waals surface area contributed by atoms with Crippen LogP contribution in [0.5, 0.6) is 0 Å². The Morgan fingerprint density at radius 2 is 1.02 bits per heavy atom. The number of anilines is 3. The fourth-order valence-electron chi connectivity index (χ4n) is 9.84. The van der Waals surface area contributed by atoms with Crippen LogP contribution >= 0.6 is 0 Å². The predicted molar refractivity (Wildman–Crippen MR) is 219 cm³/mol. The van der Waals surface area contributed by atoms with E-state index in [0.717, 1.165) is 11.4 Å². The molecule has 9 aromatic rings. The Hall–Kier alpha value is -6.44. The first kappa shape index (κ1) is 29.3. The standard InChI is InChI=1S/C51H35N/c1-32-24-29-47(33(2)30-32)52(35-14-4-3-5-15-35)36-26-28-37-34(31-36)25-27-44-48-42-20-8-6-16-38(42)39-17-7-9-21-43(39)50(48)51(49(37)44)45-22-12-10-18-40(45)41-19-11-13-23-46(41)51/h3-31H,1-2H3. The third kappa shape index (κ3) is 3.78. The van der Waals surface area contributed by atoms with Crippen molar-refractivity contribution in [1.82, 2.24) is 0 Å². The predicted octanol–water partition coefficient (Wildman–Crippen LogP) is 13.6. The van der Waals surface area contributed by atoms with Gasteiger partial charge in [0.25, 0.3) is 0 Å². The van der Waals surface area contributed by atoms with Gasteiger partial charge in [-0.25, -0.2) is 0 Å². The van der Waals surface area contributed by atoms with Crippen molar-refractivity contribution < 1.29 is 0 Å². The van der Waals surface area contributed by atoms with Crippen molar-refractivity contribution in [2.24, 2.45) is 0 Å². The van der Waals surface area contributed by atoms with Crippen molar-refractivity contribution in [1.29, 1.82) is 0 Å². The molecular formula is C51H35N. The van der Waals surface area contributed by atoms with Crippen LogP contribution in [0.15, 0.2) is 176 Å². The maximum Gasteiger partial charge on any atom is 0.0737 e. The average molecular weight is 662 g/mol. The minimum atomic E-state index is -0.477. The lowest BCUT2D eigenvalue weighted by Crippen LogP contribution is -2.26. The van der Waals surface area contributed by atoms with Gasteiger partial charge >= 0.3 is 0 Å². The smallest absolute Gasteiger partial charge is 0.0737 e. The number of hydrogen-bond acceptors (Lipinski definition) is 1. The molecule has 0 aromatic heterocycles. The summed E-state index contributed by atoms with van der Waals surface area (Å²) in [5.74, 6) is 0. The molecule has 0 heterocycles. The fourth-order valence-corrected chi connectivity index (χ4v) is 9.84. The second kappa shape index (κ2) is 10.8. The van der Waals surface area contributed by atoms with E-state index in [-0.39, 0.29) is 0 Å². The van der Waals surface area contributed by atoms with Crippen LogP contribution < -0.4 is 4.90 Å². The lowest BCUT2D eigenvalue weighted by molar-refractivity contribution is 0.809. The molecule has 0 bridgehead atoms. The van der Waals surface area contributed by atoms with Gasteiger partial charge in [0.1, 0.15) is 0 Å². The monoisotopic (exact) mass is 661 g/mol. The fraction of sp³-hybridized carbons (Fsp3) is 0.0588. The summed E-state index contributed by atoms with van der Waals surface area (Å²) in [6.07, 6.45) is 0. The van der Waals surface area contributed by atoms with Crippen LogP contribution in [0.25, 0.3) is 54.6 Å². The highest BCUT2D eigenvalue weighted by Gasteiger charge is 2.53. The van der Waals surface area contributed by atoms with Gasteiger partial charge < -0.3 is 4.90 Å². The van der Waals surface area contributed by atoms with Gasteiger partial charge in [0.15, 0.2) is 0 Å². The van der Waals surface area contributed by atoms with E-state index >= 15 is 0 Å². The van der Waals surface area contributed by atoms with Crippen molar-refractivity contribution in [3.63, 3.8) is 0 Å². The first-order chi connectivity index (χ1) is 25.6. The minimum absolute atomic E-state index is 0.477. The van der Waals surface area contributed by atoms with E-state index in [9.17, 15) is 0 Å². The zero-order valence-electron chi connectivity index (χ0n) is 29.2. The maximum absolute atomic E-state index is 2.42. The summed E-state index contributed by atoms with van der Waals surface area (Å²) >= 11 is 0. The van der Waals surface area contributed by atoms with E-state index in [4.69, 9.17) is 0 Å². The number of benzene rings is 9. The van der Waals surface area contributed by atoms with Crippen LogP contribution in [0.4, 0.5) is 17.1 Å². The molecule has 1 heteroatoms. The van der Waals surface area contributed by atoms with Crippen LogP contribution in [0, 0.1) is 13.8 Å². The van der Waals surface area contributed by atoms with Crippen molar-refractivity contribution in [2.45, 2.75) is 19.3 Å². The SMILES string of the molecule is Cc1ccc(N(c2ccccc2)c2ccc3c4c(ccc3c2)-c2c(c3ccccc3c3ccccc23)C42c3ccccc3-c3ccccc32)c(C)c1. The molecule has 0 N–H and O–H groups in total. The van der Waals surface area contributed by atoms with E-state index in [2.05, 4.69) is 195 Å². The molecule has 0 saturated carbocycles. The van der Waals surface area contributed by atoms with E-state index in [1.807, 2.05) is 0 Å². The first-order valence-corrected chi connectivity index (χ1v) is 18.3. The van der Waals surface area contributed by atoms with Gasteiger partial charge in [-0.1, -0.05) is 151 Å². The Morgan fingerprint density at radius 3 is 1.73 bits per heavy atom. The molecule has 0 radical (unpaired) electrons. The molecule has 1 spiro atoms. The number of fused-ring (bicyclic) bond motifs is 17. The number of aryl methyl sites for hydroxylation is 2. The first-order valence-electron chi connectivity index (χ1n) is 18.3. The van der Waals surface area contributed by atoms with Gasteiger partial charge in [-0.3, -0.25) is 0 Å². The van der Waals surface area contributed by atoms with E-state index in [1.54, 1.807) is 0 Å².